The van der Waals surface area contributed by atoms with Crippen molar-refractivity contribution in [2.24, 2.45) is 5.41 Å². The van der Waals surface area contributed by atoms with Gasteiger partial charge in [0.2, 0.25) is 5.91 Å². The third kappa shape index (κ3) is 2.50. The molecule has 0 aromatic rings. The van der Waals surface area contributed by atoms with Crippen LogP contribution in [0, 0.1) is 17.8 Å². The zero-order chi connectivity index (χ0) is 11.5. The molecule has 82 valence electrons. The van der Waals surface area contributed by atoms with Crippen molar-refractivity contribution < 1.29 is 14.7 Å². The number of hydrogen-bond acceptors (Lipinski definition) is 2. The first-order chi connectivity index (χ1) is 7.05. The van der Waals surface area contributed by atoms with Crippen LogP contribution in [0.15, 0.2) is 0 Å². The van der Waals surface area contributed by atoms with Crippen molar-refractivity contribution in [3.63, 3.8) is 0 Å². The highest BCUT2D eigenvalue weighted by Crippen LogP contribution is 2.48. The minimum absolute atomic E-state index is 0.213. The fourth-order valence-electron chi connectivity index (χ4n) is 1.48. The molecule has 2 N–H and O–H groups in total. The molecule has 1 atom stereocenters. The van der Waals surface area contributed by atoms with Gasteiger partial charge in [0.1, 0.15) is 6.04 Å². The summed E-state index contributed by atoms with van der Waals surface area (Å²) in [7, 11) is 0. The zero-order valence-electron chi connectivity index (χ0n) is 8.75. The van der Waals surface area contributed by atoms with Crippen molar-refractivity contribution in [3.8, 4) is 12.3 Å². The number of hydrogen-bond donors (Lipinski definition) is 2. The van der Waals surface area contributed by atoms with E-state index in [-0.39, 0.29) is 5.91 Å². The topological polar surface area (TPSA) is 66.4 Å². The molecular formula is C11H15NO3. The highest BCUT2D eigenvalue weighted by molar-refractivity contribution is 5.89. The smallest absolute Gasteiger partial charge is 0.326 e. The summed E-state index contributed by atoms with van der Waals surface area (Å²) in [6.45, 7) is 1.72. The molecule has 1 aliphatic carbocycles. The Morgan fingerprint density at radius 2 is 2.20 bits per heavy atom. The first kappa shape index (κ1) is 11.6. The Balaban J connectivity index is 2.56. The molecule has 4 heteroatoms. The Morgan fingerprint density at radius 1 is 1.60 bits per heavy atom. The van der Waals surface area contributed by atoms with Crippen molar-refractivity contribution in [2.45, 2.75) is 38.6 Å². The monoisotopic (exact) mass is 209 g/mol. The van der Waals surface area contributed by atoms with Crippen LogP contribution in [0.3, 0.4) is 0 Å². The lowest BCUT2D eigenvalue weighted by Gasteiger charge is -2.16. The lowest BCUT2D eigenvalue weighted by atomic mass is 10.0. The van der Waals surface area contributed by atoms with E-state index in [1.165, 1.54) is 0 Å². The molecule has 0 aromatic carbocycles. The van der Waals surface area contributed by atoms with Crippen LogP contribution in [0.4, 0.5) is 0 Å². The lowest BCUT2D eigenvalue weighted by molar-refractivity contribution is -0.142. The number of nitrogens with one attached hydrogen (secondary N) is 1. The number of carboxylic acids is 1. The summed E-state index contributed by atoms with van der Waals surface area (Å²) < 4.78 is 0. The number of carbonyl (C=O) groups is 2. The fourth-order valence-corrected chi connectivity index (χ4v) is 1.48. The number of amides is 1. The number of carboxylic acid groups (broad SMARTS) is 1. The van der Waals surface area contributed by atoms with Crippen LogP contribution in [0.1, 0.15) is 32.6 Å². The summed E-state index contributed by atoms with van der Waals surface area (Å²) in [5.74, 6) is 1.25. The van der Waals surface area contributed by atoms with Gasteiger partial charge in [-0.1, -0.05) is 6.92 Å². The molecule has 0 spiro atoms. The van der Waals surface area contributed by atoms with Crippen LogP contribution in [-0.4, -0.2) is 23.0 Å². The van der Waals surface area contributed by atoms with E-state index in [0.29, 0.717) is 12.8 Å². The summed E-state index contributed by atoms with van der Waals surface area (Å²) in [5.41, 5.74) is -0.475. The number of rotatable bonds is 5. The average Bonchev–Trinajstić information content (AvgIpc) is 2.95. The van der Waals surface area contributed by atoms with Crippen LogP contribution in [0.25, 0.3) is 0 Å². The maximum absolute atomic E-state index is 11.7. The Hall–Kier alpha value is -1.50. The summed E-state index contributed by atoms with van der Waals surface area (Å²) in [6.07, 6.45) is 7.48. The van der Waals surface area contributed by atoms with Gasteiger partial charge in [-0.3, -0.25) is 4.79 Å². The molecule has 1 aliphatic rings. The predicted octanol–water partition coefficient (Wildman–Crippen LogP) is 0.769. The minimum Gasteiger partial charge on any atom is -0.480 e. The van der Waals surface area contributed by atoms with Gasteiger partial charge < -0.3 is 10.4 Å². The standard InChI is InChI=1S/C11H15NO3/c1-3-5-11(6-7-11)10(15)12-8(4-2)9(13)14/h1,8H,4-7H2,2H3,(H,12,15)(H,13,14). The molecule has 0 aliphatic heterocycles. The van der Waals surface area contributed by atoms with Crippen molar-refractivity contribution >= 4 is 11.9 Å². The van der Waals surface area contributed by atoms with Gasteiger partial charge in [0.25, 0.3) is 0 Å². The van der Waals surface area contributed by atoms with Gasteiger partial charge in [-0.15, -0.1) is 12.3 Å². The molecule has 1 rings (SSSR count). The SMILES string of the molecule is C#CCC1(C(=O)NC(CC)C(=O)O)CC1. The lowest BCUT2D eigenvalue weighted by Crippen LogP contribution is -2.43. The minimum atomic E-state index is -0.998. The molecule has 0 saturated heterocycles. The van der Waals surface area contributed by atoms with Crippen LogP contribution >= 0.6 is 0 Å². The number of aliphatic carboxylic acids is 1. The molecule has 4 nitrogen and oxygen atoms in total. The first-order valence-electron chi connectivity index (χ1n) is 5.03. The Morgan fingerprint density at radius 3 is 2.53 bits per heavy atom. The molecule has 0 bridgehead atoms. The molecule has 0 radical (unpaired) electrons. The maximum atomic E-state index is 11.7. The summed E-state index contributed by atoms with van der Waals surface area (Å²) in [4.78, 5) is 22.4. The van der Waals surface area contributed by atoms with E-state index >= 15 is 0 Å². The van der Waals surface area contributed by atoms with Gasteiger partial charge in [0, 0.05) is 6.42 Å². The molecule has 0 heterocycles. The Bertz CT molecular complexity index is 312. The van der Waals surface area contributed by atoms with Gasteiger partial charge in [0.15, 0.2) is 0 Å². The normalized spacial score (nSPS) is 18.7. The second-order valence-corrected chi connectivity index (χ2v) is 3.93. The van der Waals surface area contributed by atoms with E-state index in [0.717, 1.165) is 12.8 Å². The van der Waals surface area contributed by atoms with Gasteiger partial charge in [-0.05, 0) is 19.3 Å². The molecule has 0 aromatic heterocycles. The Labute approximate surface area is 89.0 Å². The van der Waals surface area contributed by atoms with Crippen molar-refractivity contribution in [2.75, 3.05) is 0 Å². The van der Waals surface area contributed by atoms with E-state index in [1.54, 1.807) is 6.92 Å². The third-order valence-corrected chi connectivity index (χ3v) is 2.79. The maximum Gasteiger partial charge on any atom is 0.326 e. The predicted molar refractivity (Wildman–Crippen MR) is 55.0 cm³/mol. The zero-order valence-corrected chi connectivity index (χ0v) is 8.75. The van der Waals surface area contributed by atoms with Gasteiger partial charge in [-0.25, -0.2) is 4.79 Å². The summed E-state index contributed by atoms with van der Waals surface area (Å²) in [6, 6.07) is -0.798. The third-order valence-electron chi connectivity index (χ3n) is 2.79. The molecule has 1 unspecified atom stereocenters. The molecule has 1 fully saturated rings. The van der Waals surface area contributed by atoms with Crippen LogP contribution in [0.2, 0.25) is 0 Å². The van der Waals surface area contributed by atoms with Crippen LogP contribution in [-0.2, 0) is 9.59 Å². The Kier molecular flexibility index (Phi) is 3.35. The van der Waals surface area contributed by atoms with Crippen molar-refractivity contribution in [3.05, 3.63) is 0 Å². The molecule has 1 amide bonds. The highest BCUT2D eigenvalue weighted by atomic mass is 16.4. The first-order valence-corrected chi connectivity index (χ1v) is 5.03. The van der Waals surface area contributed by atoms with E-state index < -0.39 is 17.4 Å². The van der Waals surface area contributed by atoms with E-state index in [4.69, 9.17) is 11.5 Å². The van der Waals surface area contributed by atoms with E-state index in [9.17, 15) is 9.59 Å². The van der Waals surface area contributed by atoms with Gasteiger partial charge in [-0.2, -0.15) is 0 Å². The quantitative estimate of drug-likeness (QED) is 0.657. The largest absolute Gasteiger partial charge is 0.480 e. The second kappa shape index (κ2) is 4.35. The van der Waals surface area contributed by atoms with Gasteiger partial charge >= 0.3 is 5.97 Å². The summed E-state index contributed by atoms with van der Waals surface area (Å²) >= 11 is 0. The molecule has 1 saturated carbocycles. The molecule has 15 heavy (non-hydrogen) atoms. The highest BCUT2D eigenvalue weighted by Gasteiger charge is 2.49. The summed E-state index contributed by atoms with van der Waals surface area (Å²) in [5, 5.41) is 11.3. The van der Waals surface area contributed by atoms with Crippen LogP contribution in [0.5, 0.6) is 0 Å². The van der Waals surface area contributed by atoms with Crippen molar-refractivity contribution in [1.82, 2.24) is 5.32 Å². The van der Waals surface area contributed by atoms with Crippen molar-refractivity contribution in [1.29, 1.82) is 0 Å². The van der Waals surface area contributed by atoms with Crippen LogP contribution < -0.4 is 5.32 Å². The number of carbonyl (C=O) groups excluding carboxylic acids is 1. The number of terminal acetylenes is 1. The molecular weight excluding hydrogens is 194 g/mol. The second-order valence-electron chi connectivity index (χ2n) is 3.93. The average molecular weight is 209 g/mol. The van der Waals surface area contributed by atoms with E-state index in [2.05, 4.69) is 11.2 Å². The van der Waals surface area contributed by atoms with E-state index in [1.807, 2.05) is 0 Å². The fraction of sp³-hybridized carbons (Fsp3) is 0.636. The van der Waals surface area contributed by atoms with Gasteiger partial charge in [0.05, 0.1) is 5.41 Å².